The fourth-order valence-electron chi connectivity index (χ4n) is 1.46. The Bertz CT molecular complexity index is 420. The van der Waals surface area contributed by atoms with Gasteiger partial charge in [0.15, 0.2) is 0 Å². The Morgan fingerprint density at radius 1 is 0.824 bits per heavy atom. The monoisotopic (exact) mass is 270 g/mol. The number of hydrogen-bond donors (Lipinski definition) is 0. The normalized spacial score (nSPS) is 10.5. The van der Waals surface area contributed by atoms with Gasteiger partial charge in [-0.25, -0.2) is 0 Å². The summed E-state index contributed by atoms with van der Waals surface area (Å²) in [7, 11) is 3.35. The molecule has 0 aliphatic carbocycles. The maximum Gasteiger partial charge on any atom is 0.135 e. The van der Waals surface area contributed by atoms with Gasteiger partial charge in [0, 0.05) is 32.6 Å². The first-order valence-corrected chi connectivity index (χ1v) is 6.99. The van der Waals surface area contributed by atoms with E-state index in [1.165, 1.54) is 0 Å². The Kier molecular flexibility index (Phi) is 4.42. The first-order valence-electron chi connectivity index (χ1n) is 5.11. The highest BCUT2D eigenvalue weighted by molar-refractivity contribution is 7.08. The van der Waals surface area contributed by atoms with Crippen molar-refractivity contribution in [3.63, 3.8) is 0 Å². The van der Waals surface area contributed by atoms with Crippen LogP contribution in [0.2, 0.25) is 0 Å². The van der Waals surface area contributed by atoms with Gasteiger partial charge in [0.05, 0.1) is 27.4 Å². The molecule has 0 amide bonds. The molecule has 5 heteroatoms. The van der Waals surface area contributed by atoms with E-state index in [2.05, 4.69) is 0 Å². The van der Waals surface area contributed by atoms with Crippen LogP contribution in [-0.4, -0.2) is 14.2 Å². The number of methoxy groups -OCH3 is 2. The minimum Gasteiger partial charge on any atom is -0.496 e. The molecule has 0 atom stereocenters. The first kappa shape index (κ1) is 12.4. The van der Waals surface area contributed by atoms with Crippen LogP contribution in [0.25, 0.3) is 0 Å². The molecule has 2 aromatic heterocycles. The zero-order valence-corrected chi connectivity index (χ0v) is 11.4. The van der Waals surface area contributed by atoms with Gasteiger partial charge in [0.1, 0.15) is 11.5 Å². The van der Waals surface area contributed by atoms with Crippen LogP contribution in [0, 0.1) is 0 Å². The highest BCUT2D eigenvalue weighted by atomic mass is 32.1. The maximum absolute atomic E-state index is 5.66. The first-order chi connectivity index (χ1) is 8.35. The summed E-state index contributed by atoms with van der Waals surface area (Å²) in [5.74, 6) is 1.79. The molecule has 17 heavy (non-hydrogen) atoms. The minimum atomic E-state index is 0.561. The highest BCUT2D eigenvalue weighted by Crippen LogP contribution is 2.26. The summed E-state index contributed by atoms with van der Waals surface area (Å²) >= 11 is 3.24. The van der Waals surface area contributed by atoms with Gasteiger partial charge in [-0.1, -0.05) is 0 Å². The molecule has 0 radical (unpaired) electrons. The molecule has 0 fully saturated rings. The van der Waals surface area contributed by atoms with E-state index in [1.54, 1.807) is 36.9 Å². The van der Waals surface area contributed by atoms with Gasteiger partial charge in [-0.05, 0) is 0 Å². The average molecular weight is 270 g/mol. The molecule has 2 aromatic rings. The van der Waals surface area contributed by atoms with Crippen LogP contribution in [0.4, 0.5) is 0 Å². The van der Waals surface area contributed by atoms with Crippen molar-refractivity contribution in [1.82, 2.24) is 0 Å². The highest BCUT2D eigenvalue weighted by Gasteiger charge is 2.06. The lowest BCUT2D eigenvalue weighted by atomic mass is 10.3. The summed E-state index contributed by atoms with van der Waals surface area (Å²) in [6, 6.07) is 0. The molecule has 0 N–H and O–H groups in total. The molecule has 0 aliphatic heterocycles. The van der Waals surface area contributed by atoms with E-state index in [4.69, 9.17) is 14.2 Å². The third-order valence-electron chi connectivity index (χ3n) is 2.36. The molecule has 0 aromatic carbocycles. The summed E-state index contributed by atoms with van der Waals surface area (Å²) < 4.78 is 16.1. The van der Waals surface area contributed by atoms with E-state index in [0.29, 0.717) is 13.2 Å². The molecule has 0 unspecified atom stereocenters. The van der Waals surface area contributed by atoms with E-state index in [0.717, 1.165) is 22.6 Å². The molecule has 0 aliphatic rings. The summed E-state index contributed by atoms with van der Waals surface area (Å²) in [6.07, 6.45) is 0. The van der Waals surface area contributed by atoms with Crippen LogP contribution in [0.15, 0.2) is 21.5 Å². The third kappa shape index (κ3) is 3.00. The Morgan fingerprint density at radius 3 is 1.71 bits per heavy atom. The summed E-state index contributed by atoms with van der Waals surface area (Å²) in [4.78, 5) is 0. The Hall–Kier alpha value is -1.04. The molecule has 3 nitrogen and oxygen atoms in total. The molecule has 0 saturated carbocycles. The molecule has 0 spiro atoms. The van der Waals surface area contributed by atoms with E-state index in [9.17, 15) is 0 Å². The van der Waals surface area contributed by atoms with Gasteiger partial charge in [0.2, 0.25) is 0 Å². The zero-order valence-electron chi connectivity index (χ0n) is 9.76. The zero-order chi connectivity index (χ0) is 12.1. The van der Waals surface area contributed by atoms with Gasteiger partial charge in [0.25, 0.3) is 0 Å². The Morgan fingerprint density at radius 2 is 1.29 bits per heavy atom. The summed E-state index contributed by atoms with van der Waals surface area (Å²) in [6.45, 7) is 1.12. The molecule has 2 rings (SSSR count). The Labute approximate surface area is 109 Å². The predicted octanol–water partition coefficient (Wildman–Crippen LogP) is 3.54. The fourth-order valence-corrected chi connectivity index (χ4v) is 3.04. The van der Waals surface area contributed by atoms with Crippen molar-refractivity contribution in [2.75, 3.05) is 14.2 Å². The van der Waals surface area contributed by atoms with Crippen LogP contribution in [0.5, 0.6) is 11.5 Å². The lowest BCUT2D eigenvalue weighted by molar-refractivity contribution is 0.104. The van der Waals surface area contributed by atoms with E-state index < -0.39 is 0 Å². The minimum absolute atomic E-state index is 0.561. The van der Waals surface area contributed by atoms with Gasteiger partial charge in [-0.2, -0.15) is 0 Å². The second kappa shape index (κ2) is 6.05. The van der Waals surface area contributed by atoms with Crippen molar-refractivity contribution in [1.29, 1.82) is 0 Å². The number of thiophene rings is 2. The van der Waals surface area contributed by atoms with Gasteiger partial charge >= 0.3 is 0 Å². The van der Waals surface area contributed by atoms with Crippen molar-refractivity contribution < 1.29 is 14.2 Å². The van der Waals surface area contributed by atoms with Crippen LogP contribution < -0.4 is 9.47 Å². The standard InChI is InChI=1S/C12H14O3S2/c1-13-11-7-16-5-9(11)3-15-4-10-6-17-8-12(10)14-2/h5-8H,3-4H2,1-2H3. The molecule has 2 heterocycles. The number of hydrogen-bond acceptors (Lipinski definition) is 5. The van der Waals surface area contributed by atoms with Crippen LogP contribution >= 0.6 is 22.7 Å². The van der Waals surface area contributed by atoms with Crippen molar-refractivity contribution in [3.8, 4) is 11.5 Å². The molecular formula is C12H14O3S2. The van der Waals surface area contributed by atoms with Crippen LogP contribution in [0.3, 0.4) is 0 Å². The molecule has 0 saturated heterocycles. The lowest BCUT2D eigenvalue weighted by Crippen LogP contribution is -1.95. The SMILES string of the molecule is COc1cscc1COCc1cscc1OC. The molecular weight excluding hydrogens is 256 g/mol. The third-order valence-corrected chi connectivity index (χ3v) is 3.90. The second-order valence-electron chi connectivity index (χ2n) is 3.42. The van der Waals surface area contributed by atoms with Crippen LogP contribution in [-0.2, 0) is 18.0 Å². The number of ether oxygens (including phenoxy) is 3. The van der Waals surface area contributed by atoms with Crippen molar-refractivity contribution in [2.45, 2.75) is 13.2 Å². The van der Waals surface area contributed by atoms with Crippen molar-refractivity contribution in [2.24, 2.45) is 0 Å². The van der Waals surface area contributed by atoms with E-state index in [-0.39, 0.29) is 0 Å². The maximum atomic E-state index is 5.66. The summed E-state index contributed by atoms with van der Waals surface area (Å²) in [5, 5.41) is 8.04. The quantitative estimate of drug-likeness (QED) is 0.803. The predicted molar refractivity (Wildman–Crippen MR) is 70.2 cm³/mol. The van der Waals surface area contributed by atoms with E-state index >= 15 is 0 Å². The molecule has 0 bridgehead atoms. The van der Waals surface area contributed by atoms with Gasteiger partial charge in [-0.3, -0.25) is 0 Å². The van der Waals surface area contributed by atoms with Crippen molar-refractivity contribution >= 4 is 22.7 Å². The van der Waals surface area contributed by atoms with Gasteiger partial charge in [-0.15, -0.1) is 22.7 Å². The van der Waals surface area contributed by atoms with Crippen LogP contribution in [0.1, 0.15) is 11.1 Å². The smallest absolute Gasteiger partial charge is 0.135 e. The number of rotatable bonds is 6. The molecule has 92 valence electrons. The average Bonchev–Trinajstić information content (AvgIpc) is 2.97. The van der Waals surface area contributed by atoms with E-state index in [1.807, 2.05) is 21.5 Å². The fraction of sp³-hybridized carbons (Fsp3) is 0.333. The largest absolute Gasteiger partial charge is 0.496 e. The summed E-state index contributed by atoms with van der Waals surface area (Å²) in [5.41, 5.74) is 2.18. The second-order valence-corrected chi connectivity index (χ2v) is 4.91. The van der Waals surface area contributed by atoms with Crippen molar-refractivity contribution in [3.05, 3.63) is 32.6 Å². The topological polar surface area (TPSA) is 27.7 Å². The Balaban J connectivity index is 1.87. The van der Waals surface area contributed by atoms with Gasteiger partial charge < -0.3 is 14.2 Å². The lowest BCUT2D eigenvalue weighted by Gasteiger charge is -2.05.